The van der Waals surface area contributed by atoms with Crippen LogP contribution in [-0.4, -0.2) is 63.8 Å². The van der Waals surface area contributed by atoms with E-state index in [0.29, 0.717) is 11.3 Å². The summed E-state index contributed by atoms with van der Waals surface area (Å²) in [6.07, 6.45) is 4.61. The molecule has 0 bridgehead atoms. The molecule has 8 nitrogen and oxygen atoms in total. The zero-order valence-electron chi connectivity index (χ0n) is 21.4. The minimum atomic E-state index is -1.35. The summed E-state index contributed by atoms with van der Waals surface area (Å²) in [5.41, 5.74) is 1.75. The van der Waals surface area contributed by atoms with E-state index in [-0.39, 0.29) is 11.9 Å². The number of carbonyl (C=O) groups excluding carboxylic acids is 2. The summed E-state index contributed by atoms with van der Waals surface area (Å²) >= 11 is 1.33. The smallest absolute Gasteiger partial charge is 0.348 e. The third kappa shape index (κ3) is 8.35. The summed E-state index contributed by atoms with van der Waals surface area (Å²) < 4.78 is 5.02. The Bertz CT molecular complexity index is 993. The number of nitrogens with zero attached hydrogens (tertiary/aromatic N) is 1. The van der Waals surface area contributed by atoms with Crippen molar-refractivity contribution in [3.05, 3.63) is 51.7 Å². The van der Waals surface area contributed by atoms with Crippen LogP contribution < -0.4 is 4.90 Å². The van der Waals surface area contributed by atoms with Gasteiger partial charge in [-0.25, -0.2) is 4.79 Å². The first-order chi connectivity index (χ1) is 17.8. The van der Waals surface area contributed by atoms with E-state index in [1.54, 1.807) is 6.07 Å². The molecule has 1 aromatic heterocycles. The number of hydrogen-bond donors (Lipinski definition) is 4. The van der Waals surface area contributed by atoms with Crippen LogP contribution in [0.2, 0.25) is 0 Å². The van der Waals surface area contributed by atoms with Crippen LogP contribution in [-0.2, 0) is 16.0 Å². The third-order valence-electron chi connectivity index (χ3n) is 6.80. The highest BCUT2D eigenvalue weighted by atomic mass is 32.1. The van der Waals surface area contributed by atoms with Crippen molar-refractivity contribution in [1.82, 2.24) is 0 Å². The Kier molecular flexibility index (Phi) is 11.5. The van der Waals surface area contributed by atoms with E-state index in [0.717, 1.165) is 67.5 Å². The van der Waals surface area contributed by atoms with Crippen LogP contribution in [0.3, 0.4) is 0 Å². The van der Waals surface area contributed by atoms with Gasteiger partial charge in [-0.15, -0.1) is 11.3 Å². The number of benzene rings is 1. The van der Waals surface area contributed by atoms with Gasteiger partial charge in [0.2, 0.25) is 5.91 Å². The second-order valence-electron chi connectivity index (χ2n) is 9.63. The van der Waals surface area contributed by atoms with E-state index in [4.69, 9.17) is 9.84 Å². The number of aliphatic hydroxyl groups excluding tert-OH is 4. The fourth-order valence-electron chi connectivity index (χ4n) is 4.58. The molecule has 4 N–H and O–H groups in total. The van der Waals surface area contributed by atoms with Gasteiger partial charge in [-0.2, -0.15) is 0 Å². The van der Waals surface area contributed by atoms with E-state index in [1.165, 1.54) is 11.3 Å². The highest BCUT2D eigenvalue weighted by Gasteiger charge is 2.31. The fraction of sp³-hybridized carbons (Fsp3) is 0.571. The summed E-state index contributed by atoms with van der Waals surface area (Å²) in [6.45, 7) is 1.14. The van der Waals surface area contributed by atoms with Crippen molar-refractivity contribution in [2.75, 3.05) is 18.1 Å². The number of aliphatic hydroxyl groups is 4. The van der Waals surface area contributed by atoms with Gasteiger partial charge in [-0.1, -0.05) is 38.3 Å². The first-order valence-electron chi connectivity index (χ1n) is 13.2. The van der Waals surface area contributed by atoms with Crippen LogP contribution in [0.4, 0.5) is 5.69 Å². The number of unbranched alkanes of at least 4 members (excludes halogenated alkanes) is 2. The minimum absolute atomic E-state index is 0.121. The molecule has 1 aliphatic heterocycles. The van der Waals surface area contributed by atoms with E-state index in [2.05, 4.69) is 6.92 Å². The Morgan fingerprint density at radius 2 is 1.84 bits per heavy atom. The van der Waals surface area contributed by atoms with Crippen molar-refractivity contribution in [3.8, 4) is 0 Å². The van der Waals surface area contributed by atoms with E-state index in [9.17, 15) is 24.9 Å². The summed E-state index contributed by atoms with van der Waals surface area (Å²) in [5, 5.41) is 38.2. The quantitative estimate of drug-likeness (QED) is 0.203. The lowest BCUT2D eigenvalue weighted by Crippen LogP contribution is -2.34. The van der Waals surface area contributed by atoms with E-state index in [1.807, 2.05) is 35.2 Å². The van der Waals surface area contributed by atoms with Crippen LogP contribution in [0.25, 0.3) is 0 Å². The molecule has 1 aliphatic rings. The van der Waals surface area contributed by atoms with Crippen molar-refractivity contribution in [1.29, 1.82) is 0 Å². The molecule has 2 aromatic rings. The van der Waals surface area contributed by atoms with Crippen molar-refractivity contribution < 1.29 is 34.8 Å². The zero-order chi connectivity index (χ0) is 26.8. The summed E-state index contributed by atoms with van der Waals surface area (Å²) in [7, 11) is 0. The number of rotatable bonds is 15. The second kappa shape index (κ2) is 14.6. The first kappa shape index (κ1) is 29.3. The molecule has 0 spiro atoms. The lowest BCUT2D eigenvalue weighted by atomic mass is 10.0. The summed E-state index contributed by atoms with van der Waals surface area (Å²) in [4.78, 5) is 28.2. The Morgan fingerprint density at radius 3 is 2.54 bits per heavy atom. The van der Waals surface area contributed by atoms with Crippen LogP contribution in [0, 0.1) is 0 Å². The van der Waals surface area contributed by atoms with Crippen molar-refractivity contribution in [3.63, 3.8) is 0 Å². The van der Waals surface area contributed by atoms with Crippen LogP contribution in [0.5, 0.6) is 0 Å². The zero-order valence-corrected chi connectivity index (χ0v) is 22.2. The Morgan fingerprint density at radius 1 is 1.08 bits per heavy atom. The molecule has 1 amide bonds. The first-order valence-corrected chi connectivity index (χ1v) is 14.0. The van der Waals surface area contributed by atoms with Gasteiger partial charge in [0.1, 0.15) is 23.7 Å². The van der Waals surface area contributed by atoms with E-state index >= 15 is 0 Å². The average Bonchev–Trinajstić information content (AvgIpc) is 3.53. The lowest BCUT2D eigenvalue weighted by Gasteiger charge is -2.25. The number of aryl methyl sites for hydroxylation is 1. The molecule has 0 aliphatic carbocycles. The lowest BCUT2D eigenvalue weighted by molar-refractivity contribution is -0.117. The third-order valence-corrected chi connectivity index (χ3v) is 7.93. The molecule has 1 saturated heterocycles. The van der Waals surface area contributed by atoms with E-state index < -0.39 is 37.5 Å². The highest BCUT2D eigenvalue weighted by molar-refractivity contribution is 7.13. The topological polar surface area (TPSA) is 128 Å². The predicted octanol–water partition coefficient (Wildman–Crippen LogP) is 3.75. The highest BCUT2D eigenvalue weighted by Crippen LogP contribution is 2.31. The van der Waals surface area contributed by atoms with Gasteiger partial charge in [0.25, 0.3) is 0 Å². The molecule has 204 valence electrons. The van der Waals surface area contributed by atoms with Crippen LogP contribution in [0.15, 0.2) is 36.4 Å². The largest absolute Gasteiger partial charge is 0.459 e. The number of thiophene rings is 1. The number of amides is 1. The molecule has 9 heteroatoms. The molecule has 1 aromatic carbocycles. The van der Waals surface area contributed by atoms with Gasteiger partial charge >= 0.3 is 5.97 Å². The second-order valence-corrected chi connectivity index (χ2v) is 10.8. The van der Waals surface area contributed by atoms with Crippen molar-refractivity contribution in [2.45, 2.75) is 89.1 Å². The maximum atomic E-state index is 12.6. The van der Waals surface area contributed by atoms with Crippen molar-refractivity contribution >= 4 is 28.9 Å². The van der Waals surface area contributed by atoms with Gasteiger partial charge in [0.15, 0.2) is 0 Å². The summed E-state index contributed by atoms with van der Waals surface area (Å²) in [6, 6.07) is 11.4. The average molecular weight is 534 g/mol. The molecular weight excluding hydrogens is 494 g/mol. The Balaban J connectivity index is 1.49. The minimum Gasteiger partial charge on any atom is -0.459 e. The SMILES string of the molecule is CCCCC[C@H](O)c1ccc(N2C(=O)CC[C@@H]2CCCc2ccc(C(=O)OC[C@H](O)[C@H](O)CO)s2)cc1. The maximum absolute atomic E-state index is 12.6. The molecule has 2 heterocycles. The molecule has 1 fully saturated rings. The monoisotopic (exact) mass is 533 g/mol. The maximum Gasteiger partial charge on any atom is 0.348 e. The molecular formula is C28H39NO7S. The number of carbonyl (C=O) groups is 2. The van der Waals surface area contributed by atoms with Crippen LogP contribution >= 0.6 is 11.3 Å². The number of ether oxygens (including phenoxy) is 1. The van der Waals surface area contributed by atoms with Gasteiger partial charge in [-0.05, 0) is 61.9 Å². The Hall–Kier alpha value is -2.30. The van der Waals surface area contributed by atoms with Gasteiger partial charge < -0.3 is 30.1 Å². The molecule has 4 atom stereocenters. The standard InChI is InChI=1S/C28H39NO7S/c1-2-3-4-8-23(31)19-9-11-21(12-10-19)29-20(13-16-27(29)34)6-5-7-22-14-15-26(37-22)28(35)36-18-25(33)24(32)17-30/h9-12,14-15,20,23-25,30-33H,2-8,13,16-18H2,1H3/t20-,23-,24+,25-/m0/s1. The Labute approximate surface area is 222 Å². The van der Waals surface area contributed by atoms with Gasteiger partial charge in [-0.3, -0.25) is 4.79 Å². The normalized spacial score (nSPS) is 18.1. The molecule has 0 radical (unpaired) electrons. The molecule has 0 saturated carbocycles. The van der Waals surface area contributed by atoms with Crippen LogP contribution in [0.1, 0.15) is 84.5 Å². The molecule has 3 rings (SSSR count). The number of anilines is 1. The van der Waals surface area contributed by atoms with Gasteiger partial charge in [0.05, 0.1) is 12.7 Å². The molecule has 37 heavy (non-hydrogen) atoms. The molecule has 0 unspecified atom stereocenters. The number of esters is 1. The summed E-state index contributed by atoms with van der Waals surface area (Å²) in [5.74, 6) is -0.456. The van der Waals surface area contributed by atoms with Gasteiger partial charge in [0, 0.05) is 23.0 Å². The number of hydrogen-bond acceptors (Lipinski definition) is 8. The fourth-order valence-corrected chi connectivity index (χ4v) is 5.53. The van der Waals surface area contributed by atoms with Crippen molar-refractivity contribution in [2.24, 2.45) is 0 Å². The predicted molar refractivity (Wildman–Crippen MR) is 143 cm³/mol.